The molecule has 0 saturated heterocycles. The number of amides is 1. The number of ether oxygens (including phenoxy) is 1. The molecule has 1 fully saturated rings. The molecular formula is C13H23N5O2. The van der Waals surface area contributed by atoms with Crippen LogP contribution in [0.25, 0.3) is 0 Å². The van der Waals surface area contributed by atoms with E-state index in [-0.39, 0.29) is 11.9 Å². The molecule has 0 radical (unpaired) electrons. The van der Waals surface area contributed by atoms with Crippen molar-refractivity contribution in [3.05, 3.63) is 5.82 Å². The summed E-state index contributed by atoms with van der Waals surface area (Å²) in [5.41, 5.74) is 0. The van der Waals surface area contributed by atoms with Crippen molar-refractivity contribution in [1.29, 1.82) is 0 Å². The SMILES string of the molecule is COCC(NC(=O)CC1CCCCC1C)c1nn[nH]n1. The molecule has 1 aromatic heterocycles. The summed E-state index contributed by atoms with van der Waals surface area (Å²) in [5.74, 6) is 1.60. The van der Waals surface area contributed by atoms with Crippen molar-refractivity contribution in [1.82, 2.24) is 25.9 Å². The normalized spacial score (nSPS) is 24.3. The van der Waals surface area contributed by atoms with E-state index in [4.69, 9.17) is 4.74 Å². The predicted molar refractivity (Wildman–Crippen MR) is 72.7 cm³/mol. The number of methoxy groups -OCH3 is 1. The highest BCUT2D eigenvalue weighted by molar-refractivity contribution is 5.76. The summed E-state index contributed by atoms with van der Waals surface area (Å²) in [7, 11) is 1.59. The topological polar surface area (TPSA) is 92.8 Å². The van der Waals surface area contributed by atoms with E-state index in [0.29, 0.717) is 30.7 Å². The number of aromatic nitrogens is 4. The van der Waals surface area contributed by atoms with Crippen LogP contribution >= 0.6 is 0 Å². The van der Waals surface area contributed by atoms with Crippen LogP contribution in [-0.4, -0.2) is 40.2 Å². The van der Waals surface area contributed by atoms with Crippen molar-refractivity contribution in [2.24, 2.45) is 11.8 Å². The largest absolute Gasteiger partial charge is 0.382 e. The van der Waals surface area contributed by atoms with Crippen LogP contribution in [0.15, 0.2) is 0 Å². The lowest BCUT2D eigenvalue weighted by Crippen LogP contribution is -2.34. The standard InChI is InChI=1S/C13H23N5O2/c1-9-5-3-4-6-10(9)7-12(19)14-11(8-20-2)13-15-17-18-16-13/h9-11H,3-8H2,1-2H3,(H,14,19)(H,15,16,17,18). The van der Waals surface area contributed by atoms with Gasteiger partial charge in [-0.2, -0.15) is 5.21 Å². The zero-order chi connectivity index (χ0) is 14.4. The van der Waals surface area contributed by atoms with Gasteiger partial charge in [0.2, 0.25) is 5.91 Å². The Balaban J connectivity index is 1.88. The van der Waals surface area contributed by atoms with Crippen LogP contribution in [0.1, 0.15) is 50.9 Å². The number of hydrogen-bond donors (Lipinski definition) is 2. The zero-order valence-electron chi connectivity index (χ0n) is 12.1. The maximum atomic E-state index is 12.2. The first-order valence-electron chi connectivity index (χ1n) is 7.22. The van der Waals surface area contributed by atoms with E-state index in [1.54, 1.807) is 7.11 Å². The molecule has 3 atom stereocenters. The molecule has 7 heteroatoms. The van der Waals surface area contributed by atoms with Gasteiger partial charge in [0.05, 0.1) is 6.61 Å². The average Bonchev–Trinajstić information content (AvgIpc) is 2.95. The van der Waals surface area contributed by atoms with Crippen molar-refractivity contribution < 1.29 is 9.53 Å². The summed E-state index contributed by atoms with van der Waals surface area (Å²) < 4.78 is 5.10. The zero-order valence-corrected chi connectivity index (χ0v) is 12.1. The summed E-state index contributed by atoms with van der Waals surface area (Å²) in [5, 5.41) is 16.7. The highest BCUT2D eigenvalue weighted by atomic mass is 16.5. The highest BCUT2D eigenvalue weighted by Crippen LogP contribution is 2.31. The Morgan fingerprint density at radius 3 is 2.95 bits per heavy atom. The van der Waals surface area contributed by atoms with E-state index in [1.165, 1.54) is 19.3 Å². The van der Waals surface area contributed by atoms with Gasteiger partial charge in [0.1, 0.15) is 6.04 Å². The second-order valence-corrected chi connectivity index (χ2v) is 5.57. The molecule has 1 amide bonds. The molecule has 1 aromatic rings. The van der Waals surface area contributed by atoms with Gasteiger partial charge < -0.3 is 10.1 Å². The van der Waals surface area contributed by atoms with Crippen LogP contribution < -0.4 is 5.32 Å². The van der Waals surface area contributed by atoms with Crippen molar-refractivity contribution in [3.63, 3.8) is 0 Å². The number of rotatable bonds is 6. The average molecular weight is 281 g/mol. The van der Waals surface area contributed by atoms with Gasteiger partial charge >= 0.3 is 0 Å². The van der Waals surface area contributed by atoms with Crippen LogP contribution in [0.5, 0.6) is 0 Å². The molecule has 1 aliphatic carbocycles. The Bertz CT molecular complexity index is 409. The number of nitrogens with zero attached hydrogens (tertiary/aromatic N) is 3. The minimum Gasteiger partial charge on any atom is -0.382 e. The molecular weight excluding hydrogens is 258 g/mol. The number of nitrogens with one attached hydrogen (secondary N) is 2. The quantitative estimate of drug-likeness (QED) is 0.818. The van der Waals surface area contributed by atoms with Gasteiger partial charge in [0.25, 0.3) is 0 Å². The van der Waals surface area contributed by atoms with Gasteiger partial charge in [0, 0.05) is 13.5 Å². The van der Waals surface area contributed by atoms with Crippen molar-refractivity contribution in [3.8, 4) is 0 Å². The molecule has 3 unspecified atom stereocenters. The molecule has 1 aliphatic rings. The van der Waals surface area contributed by atoms with Crippen LogP contribution in [0, 0.1) is 11.8 Å². The maximum absolute atomic E-state index is 12.2. The lowest BCUT2D eigenvalue weighted by atomic mass is 9.78. The Labute approximate surface area is 118 Å². The van der Waals surface area contributed by atoms with Gasteiger partial charge in [-0.1, -0.05) is 31.4 Å². The molecule has 1 heterocycles. The number of tetrazole rings is 1. The van der Waals surface area contributed by atoms with Gasteiger partial charge in [-0.3, -0.25) is 4.79 Å². The second kappa shape index (κ2) is 7.33. The van der Waals surface area contributed by atoms with Crippen LogP contribution in [0.4, 0.5) is 0 Å². The minimum absolute atomic E-state index is 0.0376. The van der Waals surface area contributed by atoms with Gasteiger partial charge in [0.15, 0.2) is 5.82 Å². The van der Waals surface area contributed by atoms with E-state index in [1.807, 2.05) is 0 Å². The Hall–Kier alpha value is -1.50. The fourth-order valence-corrected chi connectivity index (χ4v) is 2.85. The Morgan fingerprint density at radius 1 is 1.50 bits per heavy atom. The lowest BCUT2D eigenvalue weighted by Gasteiger charge is -2.28. The molecule has 20 heavy (non-hydrogen) atoms. The predicted octanol–water partition coefficient (Wildman–Crippen LogP) is 1.22. The number of carbonyl (C=O) groups excluding carboxylic acids is 1. The Kier molecular flexibility index (Phi) is 5.46. The monoisotopic (exact) mass is 281 g/mol. The first-order chi connectivity index (χ1) is 9.70. The molecule has 0 aromatic carbocycles. The fourth-order valence-electron chi connectivity index (χ4n) is 2.85. The van der Waals surface area contributed by atoms with E-state index in [2.05, 4.69) is 32.9 Å². The second-order valence-electron chi connectivity index (χ2n) is 5.57. The van der Waals surface area contributed by atoms with Crippen LogP contribution in [0.3, 0.4) is 0 Å². The summed E-state index contributed by atoms with van der Waals surface area (Å²) in [6.07, 6.45) is 5.46. The molecule has 112 valence electrons. The Morgan fingerprint density at radius 2 is 2.30 bits per heavy atom. The lowest BCUT2D eigenvalue weighted by molar-refractivity contribution is -0.123. The van der Waals surface area contributed by atoms with Crippen molar-refractivity contribution in [2.45, 2.75) is 45.1 Å². The summed E-state index contributed by atoms with van der Waals surface area (Å²) in [6.45, 7) is 2.58. The molecule has 0 bridgehead atoms. The molecule has 0 aliphatic heterocycles. The van der Waals surface area contributed by atoms with E-state index >= 15 is 0 Å². The van der Waals surface area contributed by atoms with E-state index < -0.39 is 0 Å². The smallest absolute Gasteiger partial charge is 0.220 e. The van der Waals surface area contributed by atoms with Crippen LogP contribution in [-0.2, 0) is 9.53 Å². The molecule has 2 N–H and O–H groups in total. The van der Waals surface area contributed by atoms with Crippen molar-refractivity contribution in [2.75, 3.05) is 13.7 Å². The number of hydrogen-bond acceptors (Lipinski definition) is 5. The van der Waals surface area contributed by atoms with Gasteiger partial charge in [-0.25, -0.2) is 0 Å². The summed E-state index contributed by atoms with van der Waals surface area (Å²) >= 11 is 0. The van der Waals surface area contributed by atoms with Crippen molar-refractivity contribution >= 4 is 5.91 Å². The summed E-state index contributed by atoms with van der Waals surface area (Å²) in [4.78, 5) is 12.2. The van der Waals surface area contributed by atoms with Gasteiger partial charge in [-0.15, -0.1) is 10.2 Å². The third-order valence-electron chi connectivity index (χ3n) is 4.08. The van der Waals surface area contributed by atoms with E-state index in [9.17, 15) is 4.79 Å². The number of H-pyrrole nitrogens is 1. The third-order valence-corrected chi connectivity index (χ3v) is 4.08. The third kappa shape index (κ3) is 4.00. The van der Waals surface area contributed by atoms with Crippen LogP contribution in [0.2, 0.25) is 0 Å². The molecule has 7 nitrogen and oxygen atoms in total. The van der Waals surface area contributed by atoms with E-state index in [0.717, 1.165) is 6.42 Å². The fraction of sp³-hybridized carbons (Fsp3) is 0.846. The molecule has 1 saturated carbocycles. The van der Waals surface area contributed by atoms with Gasteiger partial charge in [-0.05, 0) is 18.3 Å². The minimum atomic E-state index is -0.342. The highest BCUT2D eigenvalue weighted by Gasteiger charge is 2.25. The number of aromatic amines is 1. The maximum Gasteiger partial charge on any atom is 0.220 e. The first kappa shape index (κ1) is 14.9. The summed E-state index contributed by atoms with van der Waals surface area (Å²) in [6, 6.07) is -0.342. The number of carbonyl (C=O) groups is 1. The molecule has 0 spiro atoms. The first-order valence-corrected chi connectivity index (χ1v) is 7.22. The molecule has 2 rings (SSSR count).